The Morgan fingerprint density at radius 1 is 1.16 bits per heavy atom. The monoisotopic (exact) mass is 343 g/mol. The lowest BCUT2D eigenvalue weighted by atomic mass is 9.76. The summed E-state index contributed by atoms with van der Waals surface area (Å²) in [5.41, 5.74) is 1.33. The van der Waals surface area contributed by atoms with Crippen LogP contribution in [0.1, 0.15) is 44.1 Å². The predicted octanol–water partition coefficient (Wildman–Crippen LogP) is 3.77. The van der Waals surface area contributed by atoms with Crippen LogP contribution in [0.3, 0.4) is 0 Å². The maximum atomic E-state index is 10.5. The molecule has 136 valence electrons. The molecule has 2 aliphatic rings. The number of unbranched alkanes of at least 4 members (excludes halogenated alkanes) is 2. The normalized spacial score (nSPS) is 28.0. The molecule has 4 nitrogen and oxygen atoms in total. The average molecular weight is 343 g/mol. The van der Waals surface area contributed by atoms with Gasteiger partial charge in [0, 0.05) is 25.1 Å². The fourth-order valence-electron chi connectivity index (χ4n) is 4.36. The summed E-state index contributed by atoms with van der Waals surface area (Å²) in [5, 5.41) is 12.2. The standard InChI is InChI=1S/C21H29NO3/c23-21(24)11-7-2-1-6-10-17-18(20-13-12-19(17)25-20)15-22-14-16-8-4-3-5-9-16/h3-5,7-9,11,17-20,22H,1-2,6,10,12-15H2,(H,23,24)/b11-7+. The van der Waals surface area contributed by atoms with Crippen molar-refractivity contribution in [1.82, 2.24) is 5.32 Å². The van der Waals surface area contributed by atoms with Gasteiger partial charge in [0.15, 0.2) is 0 Å². The summed E-state index contributed by atoms with van der Waals surface area (Å²) in [6.07, 6.45) is 10.6. The number of fused-ring (bicyclic) bond motifs is 2. The second kappa shape index (κ2) is 9.16. The van der Waals surface area contributed by atoms with Gasteiger partial charge in [0.2, 0.25) is 0 Å². The van der Waals surface area contributed by atoms with E-state index in [0.29, 0.717) is 24.0 Å². The predicted molar refractivity (Wildman–Crippen MR) is 98.3 cm³/mol. The molecule has 2 N–H and O–H groups in total. The summed E-state index contributed by atoms with van der Waals surface area (Å²) < 4.78 is 6.18. The van der Waals surface area contributed by atoms with Crippen molar-refractivity contribution in [3.63, 3.8) is 0 Å². The van der Waals surface area contributed by atoms with Crippen molar-refractivity contribution in [3.8, 4) is 0 Å². The number of hydrogen-bond donors (Lipinski definition) is 2. The van der Waals surface area contributed by atoms with Crippen LogP contribution in [-0.2, 0) is 16.1 Å². The molecule has 4 heteroatoms. The highest BCUT2D eigenvalue weighted by Crippen LogP contribution is 2.45. The zero-order chi connectivity index (χ0) is 17.5. The summed E-state index contributed by atoms with van der Waals surface area (Å²) in [6.45, 7) is 1.95. The van der Waals surface area contributed by atoms with Crippen LogP contribution in [0.25, 0.3) is 0 Å². The molecule has 0 aromatic heterocycles. The molecule has 2 saturated heterocycles. The molecule has 0 saturated carbocycles. The number of aliphatic carboxylic acids is 1. The summed E-state index contributed by atoms with van der Waals surface area (Å²) >= 11 is 0. The van der Waals surface area contributed by atoms with Crippen LogP contribution >= 0.6 is 0 Å². The van der Waals surface area contributed by atoms with Crippen LogP contribution in [-0.4, -0.2) is 29.8 Å². The van der Waals surface area contributed by atoms with E-state index in [1.54, 1.807) is 6.08 Å². The molecule has 4 unspecified atom stereocenters. The Labute approximate surface area is 150 Å². The quantitative estimate of drug-likeness (QED) is 0.501. The number of carboxylic acid groups (broad SMARTS) is 1. The van der Waals surface area contributed by atoms with Crippen molar-refractivity contribution in [2.45, 2.75) is 57.3 Å². The highest BCUT2D eigenvalue weighted by Gasteiger charge is 2.47. The Bertz CT molecular complexity index is 572. The molecule has 2 aliphatic heterocycles. The number of ether oxygens (including phenoxy) is 1. The van der Waals surface area contributed by atoms with Crippen molar-refractivity contribution in [2.24, 2.45) is 11.8 Å². The molecule has 25 heavy (non-hydrogen) atoms. The number of carbonyl (C=O) groups is 1. The first-order chi connectivity index (χ1) is 12.2. The lowest BCUT2D eigenvalue weighted by molar-refractivity contribution is -0.131. The fourth-order valence-corrected chi connectivity index (χ4v) is 4.36. The van der Waals surface area contributed by atoms with E-state index in [2.05, 4.69) is 35.6 Å². The first-order valence-electron chi connectivity index (χ1n) is 9.53. The summed E-state index contributed by atoms with van der Waals surface area (Å²) in [7, 11) is 0. The molecule has 1 aromatic carbocycles. The maximum Gasteiger partial charge on any atom is 0.327 e. The van der Waals surface area contributed by atoms with Crippen molar-refractivity contribution in [2.75, 3.05) is 6.54 Å². The van der Waals surface area contributed by atoms with Crippen LogP contribution in [0.4, 0.5) is 0 Å². The van der Waals surface area contributed by atoms with Gasteiger partial charge in [-0.2, -0.15) is 0 Å². The van der Waals surface area contributed by atoms with Gasteiger partial charge in [-0.15, -0.1) is 0 Å². The molecule has 4 atom stereocenters. The van der Waals surface area contributed by atoms with Crippen LogP contribution in [0.15, 0.2) is 42.5 Å². The molecule has 0 radical (unpaired) electrons. The lowest BCUT2D eigenvalue weighted by Crippen LogP contribution is -2.35. The highest BCUT2D eigenvalue weighted by atomic mass is 16.5. The number of rotatable bonds is 10. The average Bonchev–Trinajstić information content (AvgIpc) is 3.21. The van der Waals surface area contributed by atoms with E-state index in [1.165, 1.54) is 30.9 Å². The maximum absolute atomic E-state index is 10.5. The van der Waals surface area contributed by atoms with Gasteiger partial charge in [0.05, 0.1) is 12.2 Å². The Balaban J connectivity index is 1.41. The van der Waals surface area contributed by atoms with Gasteiger partial charge in [0.1, 0.15) is 0 Å². The number of benzene rings is 1. The van der Waals surface area contributed by atoms with E-state index in [4.69, 9.17) is 9.84 Å². The second-order valence-corrected chi connectivity index (χ2v) is 7.26. The Morgan fingerprint density at radius 2 is 1.92 bits per heavy atom. The zero-order valence-corrected chi connectivity index (χ0v) is 14.8. The minimum absolute atomic E-state index is 0.435. The van der Waals surface area contributed by atoms with Gasteiger partial charge in [-0.25, -0.2) is 4.79 Å². The highest BCUT2D eigenvalue weighted by molar-refractivity contribution is 5.79. The van der Waals surface area contributed by atoms with Gasteiger partial charge in [-0.05, 0) is 43.6 Å². The summed E-state index contributed by atoms with van der Waals surface area (Å²) in [5.74, 6) is 0.425. The van der Waals surface area contributed by atoms with Crippen LogP contribution in [0.2, 0.25) is 0 Å². The third-order valence-corrected chi connectivity index (χ3v) is 5.56. The van der Waals surface area contributed by atoms with E-state index >= 15 is 0 Å². The largest absolute Gasteiger partial charge is 0.478 e. The number of nitrogens with one attached hydrogen (secondary N) is 1. The summed E-state index contributed by atoms with van der Waals surface area (Å²) in [6, 6.07) is 10.5. The van der Waals surface area contributed by atoms with Gasteiger partial charge in [0.25, 0.3) is 0 Å². The van der Waals surface area contributed by atoms with E-state index in [-0.39, 0.29) is 0 Å². The Morgan fingerprint density at radius 3 is 2.68 bits per heavy atom. The number of allylic oxidation sites excluding steroid dienone is 1. The zero-order valence-electron chi connectivity index (χ0n) is 14.8. The molecule has 2 heterocycles. The van der Waals surface area contributed by atoms with E-state index in [1.807, 2.05) is 0 Å². The minimum Gasteiger partial charge on any atom is -0.478 e. The Hall–Kier alpha value is -1.65. The molecule has 0 spiro atoms. The van der Waals surface area contributed by atoms with Gasteiger partial charge in [-0.3, -0.25) is 0 Å². The van der Waals surface area contributed by atoms with Crippen LogP contribution in [0, 0.1) is 11.8 Å². The van der Waals surface area contributed by atoms with Crippen molar-refractivity contribution < 1.29 is 14.6 Å². The molecule has 1 aromatic rings. The number of hydrogen-bond acceptors (Lipinski definition) is 3. The van der Waals surface area contributed by atoms with Crippen molar-refractivity contribution >= 4 is 5.97 Å². The smallest absolute Gasteiger partial charge is 0.327 e. The van der Waals surface area contributed by atoms with Crippen LogP contribution in [0.5, 0.6) is 0 Å². The molecule has 2 bridgehead atoms. The van der Waals surface area contributed by atoms with E-state index in [0.717, 1.165) is 32.4 Å². The first kappa shape index (κ1) is 18.2. The minimum atomic E-state index is -0.856. The lowest BCUT2D eigenvalue weighted by Gasteiger charge is -2.28. The van der Waals surface area contributed by atoms with Crippen molar-refractivity contribution in [3.05, 3.63) is 48.0 Å². The van der Waals surface area contributed by atoms with E-state index < -0.39 is 5.97 Å². The van der Waals surface area contributed by atoms with Gasteiger partial charge < -0.3 is 15.2 Å². The van der Waals surface area contributed by atoms with Gasteiger partial charge >= 0.3 is 5.97 Å². The molecule has 0 amide bonds. The molecular formula is C21H29NO3. The molecule has 2 fully saturated rings. The third kappa shape index (κ3) is 5.16. The van der Waals surface area contributed by atoms with E-state index in [9.17, 15) is 4.79 Å². The van der Waals surface area contributed by atoms with Crippen molar-refractivity contribution in [1.29, 1.82) is 0 Å². The number of carboxylic acids is 1. The summed E-state index contributed by atoms with van der Waals surface area (Å²) in [4.78, 5) is 10.5. The molecule has 0 aliphatic carbocycles. The van der Waals surface area contributed by atoms with Gasteiger partial charge in [-0.1, -0.05) is 42.8 Å². The SMILES string of the molecule is O=C(O)/C=C/CCCCC1C2CCC(O2)C1CNCc1ccccc1. The topological polar surface area (TPSA) is 58.6 Å². The first-order valence-corrected chi connectivity index (χ1v) is 9.53. The molecular weight excluding hydrogens is 314 g/mol. The van der Waals surface area contributed by atoms with Crippen LogP contribution < -0.4 is 5.32 Å². The fraction of sp³-hybridized carbons (Fsp3) is 0.571. The second-order valence-electron chi connectivity index (χ2n) is 7.26. The molecule has 3 rings (SSSR count). The Kier molecular flexibility index (Phi) is 6.65. The third-order valence-electron chi connectivity index (χ3n) is 5.56.